The second-order valence-electron chi connectivity index (χ2n) is 5.30. The van der Waals surface area contributed by atoms with E-state index in [0.717, 1.165) is 19.3 Å². The number of hydrogen-bond acceptors (Lipinski definition) is 3. The molecule has 20 heavy (non-hydrogen) atoms. The third-order valence-corrected chi connectivity index (χ3v) is 4.79. The highest BCUT2D eigenvalue weighted by Gasteiger charge is 2.23. The van der Waals surface area contributed by atoms with Gasteiger partial charge >= 0.3 is 5.97 Å². The summed E-state index contributed by atoms with van der Waals surface area (Å²) < 4.78 is 0. The van der Waals surface area contributed by atoms with Crippen LogP contribution in [0.2, 0.25) is 0 Å². The molecule has 1 aliphatic rings. The SMILES string of the molecule is C=CCC(NC(=O)c1cc2c(s1)CCC(C)C2)C(=O)O. The molecule has 1 aromatic heterocycles. The quantitative estimate of drug-likeness (QED) is 0.820. The molecule has 1 amide bonds. The minimum Gasteiger partial charge on any atom is -0.480 e. The molecule has 5 heteroatoms. The van der Waals surface area contributed by atoms with Gasteiger partial charge in [0.25, 0.3) is 5.91 Å². The molecular formula is C15H19NO3S. The third kappa shape index (κ3) is 3.28. The van der Waals surface area contributed by atoms with Crippen LogP contribution in [0.15, 0.2) is 18.7 Å². The fourth-order valence-electron chi connectivity index (χ4n) is 2.44. The first-order valence-electron chi connectivity index (χ1n) is 6.77. The molecule has 2 unspecified atom stereocenters. The number of nitrogens with one attached hydrogen (secondary N) is 1. The number of thiophene rings is 1. The summed E-state index contributed by atoms with van der Waals surface area (Å²) in [6, 6.07) is 1.01. The van der Waals surface area contributed by atoms with Crippen molar-refractivity contribution in [3.05, 3.63) is 34.0 Å². The molecule has 0 radical (unpaired) electrons. The van der Waals surface area contributed by atoms with Crippen molar-refractivity contribution in [2.75, 3.05) is 0 Å². The lowest BCUT2D eigenvalue weighted by Crippen LogP contribution is -2.40. The number of aryl methyl sites for hydroxylation is 1. The Morgan fingerprint density at radius 1 is 1.65 bits per heavy atom. The monoisotopic (exact) mass is 293 g/mol. The molecule has 2 N–H and O–H groups in total. The van der Waals surface area contributed by atoms with E-state index in [4.69, 9.17) is 5.11 Å². The van der Waals surface area contributed by atoms with Gasteiger partial charge in [-0.15, -0.1) is 17.9 Å². The highest BCUT2D eigenvalue weighted by atomic mass is 32.1. The molecule has 0 aromatic carbocycles. The van der Waals surface area contributed by atoms with Gasteiger partial charge in [0, 0.05) is 4.88 Å². The van der Waals surface area contributed by atoms with Gasteiger partial charge in [-0.3, -0.25) is 4.79 Å². The molecule has 1 heterocycles. The van der Waals surface area contributed by atoms with Crippen LogP contribution in [0.25, 0.3) is 0 Å². The van der Waals surface area contributed by atoms with Crippen LogP contribution in [0.3, 0.4) is 0 Å². The Labute approximate surface area is 122 Å². The van der Waals surface area contributed by atoms with Crippen molar-refractivity contribution in [2.24, 2.45) is 5.92 Å². The highest BCUT2D eigenvalue weighted by Crippen LogP contribution is 2.32. The van der Waals surface area contributed by atoms with Crippen molar-refractivity contribution in [1.29, 1.82) is 0 Å². The zero-order chi connectivity index (χ0) is 14.7. The van der Waals surface area contributed by atoms with Gasteiger partial charge in [-0.25, -0.2) is 4.79 Å². The van der Waals surface area contributed by atoms with Crippen LogP contribution in [0.5, 0.6) is 0 Å². The van der Waals surface area contributed by atoms with E-state index in [0.29, 0.717) is 10.8 Å². The zero-order valence-electron chi connectivity index (χ0n) is 11.5. The van der Waals surface area contributed by atoms with E-state index in [9.17, 15) is 9.59 Å². The number of aliphatic carboxylic acids is 1. The maximum Gasteiger partial charge on any atom is 0.326 e. The first-order valence-corrected chi connectivity index (χ1v) is 7.59. The molecule has 1 aromatic rings. The number of carboxylic acids is 1. The van der Waals surface area contributed by atoms with Crippen molar-refractivity contribution < 1.29 is 14.7 Å². The summed E-state index contributed by atoms with van der Waals surface area (Å²) >= 11 is 1.49. The van der Waals surface area contributed by atoms with E-state index >= 15 is 0 Å². The standard InChI is InChI=1S/C15H19NO3S/c1-3-4-11(15(18)19)16-14(17)13-8-10-7-9(2)5-6-12(10)20-13/h3,8-9,11H,1,4-7H2,2H3,(H,16,17)(H,18,19). The van der Waals surface area contributed by atoms with Gasteiger partial charge < -0.3 is 10.4 Å². The molecule has 2 rings (SSSR count). The van der Waals surface area contributed by atoms with E-state index in [2.05, 4.69) is 18.8 Å². The predicted octanol–water partition coefficient (Wildman–Crippen LogP) is 2.63. The molecule has 108 valence electrons. The second kappa shape index (κ2) is 6.22. The minimum atomic E-state index is -1.03. The van der Waals surface area contributed by atoms with Crippen LogP contribution < -0.4 is 5.32 Å². The van der Waals surface area contributed by atoms with Gasteiger partial charge in [0.2, 0.25) is 0 Å². The van der Waals surface area contributed by atoms with E-state index in [1.165, 1.54) is 27.9 Å². The molecule has 0 spiro atoms. The van der Waals surface area contributed by atoms with Crippen LogP contribution >= 0.6 is 11.3 Å². The summed E-state index contributed by atoms with van der Waals surface area (Å²) in [5.74, 6) is -0.681. The largest absolute Gasteiger partial charge is 0.480 e. The number of hydrogen-bond donors (Lipinski definition) is 2. The Hall–Kier alpha value is -1.62. The summed E-state index contributed by atoms with van der Waals surface area (Å²) in [4.78, 5) is 25.0. The maximum atomic E-state index is 12.1. The van der Waals surface area contributed by atoms with E-state index in [-0.39, 0.29) is 12.3 Å². The first kappa shape index (κ1) is 14.8. The Morgan fingerprint density at radius 2 is 2.40 bits per heavy atom. The summed E-state index contributed by atoms with van der Waals surface area (Å²) in [6.07, 6.45) is 4.91. The van der Waals surface area contributed by atoms with E-state index < -0.39 is 12.0 Å². The molecule has 1 aliphatic carbocycles. The van der Waals surface area contributed by atoms with Gasteiger partial charge in [-0.05, 0) is 43.2 Å². The van der Waals surface area contributed by atoms with Gasteiger partial charge in [-0.1, -0.05) is 13.0 Å². The van der Waals surface area contributed by atoms with E-state index in [1.807, 2.05) is 6.07 Å². The first-order chi connectivity index (χ1) is 9.51. The molecule has 0 saturated heterocycles. The van der Waals surface area contributed by atoms with Crippen LogP contribution in [0.1, 0.15) is 39.9 Å². The second-order valence-corrected chi connectivity index (χ2v) is 6.43. The smallest absolute Gasteiger partial charge is 0.326 e. The van der Waals surface area contributed by atoms with Gasteiger partial charge in [0.05, 0.1) is 4.88 Å². The number of rotatable bonds is 5. The molecule has 0 bridgehead atoms. The zero-order valence-corrected chi connectivity index (χ0v) is 12.3. The Kier molecular flexibility index (Phi) is 4.60. The lowest BCUT2D eigenvalue weighted by atomic mass is 9.90. The van der Waals surface area contributed by atoms with Crippen LogP contribution in [-0.2, 0) is 17.6 Å². The molecule has 4 nitrogen and oxygen atoms in total. The van der Waals surface area contributed by atoms with Crippen molar-refractivity contribution >= 4 is 23.2 Å². The number of fused-ring (bicyclic) bond motifs is 1. The van der Waals surface area contributed by atoms with E-state index in [1.54, 1.807) is 0 Å². The normalized spacial score (nSPS) is 18.9. The molecule has 2 atom stereocenters. The Morgan fingerprint density at radius 3 is 3.05 bits per heavy atom. The van der Waals surface area contributed by atoms with Gasteiger partial charge in [-0.2, -0.15) is 0 Å². The molecular weight excluding hydrogens is 274 g/mol. The Balaban J connectivity index is 2.09. The topological polar surface area (TPSA) is 66.4 Å². The van der Waals surface area contributed by atoms with Gasteiger partial charge in [0.1, 0.15) is 6.04 Å². The third-order valence-electron chi connectivity index (χ3n) is 3.56. The Bertz CT molecular complexity index is 535. The number of carboxylic acid groups (broad SMARTS) is 1. The van der Waals surface area contributed by atoms with Crippen LogP contribution in [-0.4, -0.2) is 23.0 Å². The number of amides is 1. The van der Waals surface area contributed by atoms with Crippen molar-refractivity contribution in [3.8, 4) is 0 Å². The lowest BCUT2D eigenvalue weighted by molar-refractivity contribution is -0.139. The van der Waals surface area contributed by atoms with Crippen molar-refractivity contribution in [3.63, 3.8) is 0 Å². The summed E-state index contributed by atoms with van der Waals surface area (Å²) in [7, 11) is 0. The number of carbonyl (C=O) groups excluding carboxylic acids is 1. The fraction of sp³-hybridized carbons (Fsp3) is 0.467. The highest BCUT2D eigenvalue weighted by molar-refractivity contribution is 7.14. The predicted molar refractivity (Wildman–Crippen MR) is 79.2 cm³/mol. The molecule has 0 aliphatic heterocycles. The summed E-state index contributed by atoms with van der Waals surface area (Å²) in [6.45, 7) is 5.73. The van der Waals surface area contributed by atoms with Crippen molar-refractivity contribution in [2.45, 2.75) is 38.6 Å². The summed E-state index contributed by atoms with van der Waals surface area (Å²) in [5.41, 5.74) is 1.24. The van der Waals surface area contributed by atoms with Gasteiger partial charge in [0.15, 0.2) is 0 Å². The summed E-state index contributed by atoms with van der Waals surface area (Å²) in [5, 5.41) is 11.6. The van der Waals surface area contributed by atoms with Crippen molar-refractivity contribution in [1.82, 2.24) is 5.32 Å². The average molecular weight is 293 g/mol. The van der Waals surface area contributed by atoms with Crippen LogP contribution in [0, 0.1) is 5.92 Å². The fourth-order valence-corrected chi connectivity index (χ4v) is 3.55. The molecule has 0 saturated carbocycles. The minimum absolute atomic E-state index is 0.225. The van der Waals surface area contributed by atoms with Crippen LogP contribution in [0.4, 0.5) is 0 Å². The maximum absolute atomic E-state index is 12.1. The lowest BCUT2D eigenvalue weighted by Gasteiger charge is -2.16. The average Bonchev–Trinajstić information content (AvgIpc) is 2.80. The number of carbonyl (C=O) groups is 2. The molecule has 0 fully saturated rings.